The number of fused-ring (bicyclic) bond motifs is 1. The molecule has 3 aromatic rings. The first-order chi connectivity index (χ1) is 10.7. The molecule has 2 aromatic carbocycles. The van der Waals surface area contributed by atoms with Gasteiger partial charge in [-0.15, -0.1) is 11.3 Å². The highest BCUT2D eigenvalue weighted by Crippen LogP contribution is 2.22. The number of hydrogen-bond donors (Lipinski definition) is 2. The van der Waals surface area contributed by atoms with Gasteiger partial charge in [0, 0.05) is 16.0 Å². The Morgan fingerprint density at radius 3 is 2.68 bits per heavy atom. The fraction of sp³-hybridized carbons (Fsp3) is 0.0588. The van der Waals surface area contributed by atoms with E-state index in [0.717, 1.165) is 21.3 Å². The van der Waals surface area contributed by atoms with Crippen molar-refractivity contribution in [2.24, 2.45) is 0 Å². The number of anilines is 1. The summed E-state index contributed by atoms with van der Waals surface area (Å²) in [5.41, 5.74) is 0.842. The highest BCUT2D eigenvalue weighted by Gasteiger charge is 2.10. The van der Waals surface area contributed by atoms with Gasteiger partial charge in [0.2, 0.25) is 0 Å². The molecular formula is C17H14N2OS2. The zero-order chi connectivity index (χ0) is 15.4. The van der Waals surface area contributed by atoms with Crippen LogP contribution in [0.15, 0.2) is 60.0 Å². The Balaban J connectivity index is 1.69. The number of nitrogens with one attached hydrogen (secondary N) is 2. The van der Waals surface area contributed by atoms with Crippen molar-refractivity contribution in [2.75, 3.05) is 5.32 Å². The van der Waals surface area contributed by atoms with E-state index in [0.29, 0.717) is 6.54 Å². The summed E-state index contributed by atoms with van der Waals surface area (Å²) in [5, 5.41) is 9.98. The third-order valence-electron chi connectivity index (χ3n) is 3.25. The standard InChI is InChI=1S/C17H14N2OS2/c20-16(18-11-13-7-4-10-22-13)17(21)19-15-9-3-6-12-5-1-2-8-14(12)15/h1-10H,11H2,(H,18,20)(H,19,21). The Labute approximate surface area is 138 Å². The molecule has 0 aliphatic rings. The Hall–Kier alpha value is -2.24. The maximum absolute atomic E-state index is 12.1. The second-order valence-corrected chi connectivity index (χ2v) is 6.18. The Morgan fingerprint density at radius 1 is 1.05 bits per heavy atom. The zero-order valence-corrected chi connectivity index (χ0v) is 13.3. The molecule has 3 rings (SSSR count). The molecule has 0 saturated carbocycles. The third-order valence-corrected chi connectivity index (χ3v) is 4.41. The lowest BCUT2D eigenvalue weighted by Crippen LogP contribution is -2.33. The van der Waals surface area contributed by atoms with Crippen LogP contribution in [0, 0.1) is 0 Å². The van der Waals surface area contributed by atoms with Crippen LogP contribution in [-0.2, 0) is 11.3 Å². The molecule has 2 N–H and O–H groups in total. The van der Waals surface area contributed by atoms with Gasteiger partial charge in [-0.05, 0) is 22.9 Å². The third kappa shape index (κ3) is 3.32. The monoisotopic (exact) mass is 326 g/mol. The van der Waals surface area contributed by atoms with Gasteiger partial charge < -0.3 is 10.6 Å². The normalized spacial score (nSPS) is 10.4. The molecule has 3 nitrogen and oxygen atoms in total. The van der Waals surface area contributed by atoms with Crippen molar-refractivity contribution >= 4 is 50.9 Å². The van der Waals surface area contributed by atoms with Crippen molar-refractivity contribution in [2.45, 2.75) is 6.54 Å². The largest absolute Gasteiger partial charge is 0.345 e. The molecule has 0 unspecified atom stereocenters. The van der Waals surface area contributed by atoms with Gasteiger partial charge in [0.15, 0.2) is 4.99 Å². The van der Waals surface area contributed by atoms with E-state index in [2.05, 4.69) is 10.6 Å². The molecule has 0 aliphatic heterocycles. The van der Waals surface area contributed by atoms with Gasteiger partial charge in [0.25, 0.3) is 5.91 Å². The summed E-state index contributed by atoms with van der Waals surface area (Å²) in [6.45, 7) is 0.494. The highest BCUT2D eigenvalue weighted by molar-refractivity contribution is 7.82. The molecule has 0 radical (unpaired) electrons. The van der Waals surface area contributed by atoms with Crippen LogP contribution in [-0.4, -0.2) is 10.9 Å². The van der Waals surface area contributed by atoms with Crippen LogP contribution in [0.25, 0.3) is 10.8 Å². The maximum Gasteiger partial charge on any atom is 0.279 e. The molecule has 0 aliphatic carbocycles. The van der Waals surface area contributed by atoms with Crippen LogP contribution in [0.1, 0.15) is 4.88 Å². The van der Waals surface area contributed by atoms with E-state index < -0.39 is 0 Å². The molecule has 0 saturated heterocycles. The number of carbonyl (C=O) groups excluding carboxylic acids is 1. The minimum Gasteiger partial charge on any atom is -0.345 e. The smallest absolute Gasteiger partial charge is 0.279 e. The van der Waals surface area contributed by atoms with E-state index in [1.807, 2.05) is 60.0 Å². The lowest BCUT2D eigenvalue weighted by Gasteiger charge is -2.10. The summed E-state index contributed by atoms with van der Waals surface area (Å²) in [7, 11) is 0. The summed E-state index contributed by atoms with van der Waals surface area (Å²) >= 11 is 6.80. The van der Waals surface area contributed by atoms with Crippen molar-refractivity contribution in [1.82, 2.24) is 5.32 Å². The first-order valence-electron chi connectivity index (χ1n) is 6.83. The maximum atomic E-state index is 12.1. The van der Waals surface area contributed by atoms with E-state index in [1.165, 1.54) is 0 Å². The molecule has 5 heteroatoms. The van der Waals surface area contributed by atoms with E-state index in [9.17, 15) is 4.79 Å². The van der Waals surface area contributed by atoms with Gasteiger partial charge in [-0.3, -0.25) is 4.79 Å². The van der Waals surface area contributed by atoms with Gasteiger partial charge in [-0.1, -0.05) is 54.7 Å². The van der Waals surface area contributed by atoms with Gasteiger partial charge in [0.1, 0.15) is 0 Å². The predicted molar refractivity (Wildman–Crippen MR) is 96.3 cm³/mol. The molecule has 1 heterocycles. The number of carbonyl (C=O) groups is 1. The lowest BCUT2D eigenvalue weighted by molar-refractivity contribution is -0.114. The molecular weight excluding hydrogens is 312 g/mol. The van der Waals surface area contributed by atoms with Crippen molar-refractivity contribution in [3.8, 4) is 0 Å². The van der Waals surface area contributed by atoms with Crippen molar-refractivity contribution in [3.63, 3.8) is 0 Å². The molecule has 0 fully saturated rings. The molecule has 22 heavy (non-hydrogen) atoms. The summed E-state index contributed by atoms with van der Waals surface area (Å²) in [6, 6.07) is 17.8. The Bertz CT molecular complexity index is 807. The zero-order valence-electron chi connectivity index (χ0n) is 11.7. The summed E-state index contributed by atoms with van der Waals surface area (Å²) in [4.78, 5) is 13.3. The topological polar surface area (TPSA) is 41.1 Å². The number of amides is 1. The number of benzene rings is 2. The average molecular weight is 326 g/mol. The number of thiophene rings is 1. The van der Waals surface area contributed by atoms with Crippen LogP contribution in [0.5, 0.6) is 0 Å². The molecule has 1 aromatic heterocycles. The Morgan fingerprint density at radius 2 is 1.86 bits per heavy atom. The summed E-state index contributed by atoms with van der Waals surface area (Å²) in [6.07, 6.45) is 0. The first-order valence-corrected chi connectivity index (χ1v) is 8.12. The Kier molecular flexibility index (Phi) is 4.46. The molecule has 0 bridgehead atoms. The summed E-state index contributed by atoms with van der Waals surface area (Å²) in [5.74, 6) is -0.267. The van der Waals surface area contributed by atoms with Crippen molar-refractivity contribution < 1.29 is 4.79 Å². The van der Waals surface area contributed by atoms with Crippen LogP contribution in [0.4, 0.5) is 5.69 Å². The number of thiocarbonyl (C=S) groups is 1. The second-order valence-electron chi connectivity index (χ2n) is 4.74. The predicted octanol–water partition coefficient (Wildman–Crippen LogP) is 3.96. The van der Waals surface area contributed by atoms with Crippen molar-refractivity contribution in [1.29, 1.82) is 0 Å². The van der Waals surface area contributed by atoms with Crippen LogP contribution in [0.2, 0.25) is 0 Å². The van der Waals surface area contributed by atoms with Crippen LogP contribution in [0.3, 0.4) is 0 Å². The van der Waals surface area contributed by atoms with E-state index in [-0.39, 0.29) is 10.9 Å². The van der Waals surface area contributed by atoms with E-state index in [1.54, 1.807) is 11.3 Å². The minimum absolute atomic E-state index is 0.174. The quantitative estimate of drug-likeness (QED) is 0.716. The van der Waals surface area contributed by atoms with Crippen LogP contribution >= 0.6 is 23.6 Å². The number of rotatable bonds is 3. The van der Waals surface area contributed by atoms with E-state index in [4.69, 9.17) is 12.2 Å². The highest BCUT2D eigenvalue weighted by atomic mass is 32.1. The van der Waals surface area contributed by atoms with Gasteiger partial charge >= 0.3 is 0 Å². The lowest BCUT2D eigenvalue weighted by atomic mass is 10.1. The van der Waals surface area contributed by atoms with Gasteiger partial charge in [-0.2, -0.15) is 0 Å². The first kappa shape index (κ1) is 14.7. The molecule has 1 amide bonds. The van der Waals surface area contributed by atoms with Gasteiger partial charge in [-0.25, -0.2) is 0 Å². The van der Waals surface area contributed by atoms with Crippen molar-refractivity contribution in [3.05, 3.63) is 64.9 Å². The molecule has 0 spiro atoms. The van der Waals surface area contributed by atoms with Crippen LogP contribution < -0.4 is 10.6 Å². The summed E-state index contributed by atoms with van der Waals surface area (Å²) < 4.78 is 0. The average Bonchev–Trinajstić information content (AvgIpc) is 3.06. The molecule has 0 atom stereocenters. The number of hydrogen-bond acceptors (Lipinski definition) is 3. The minimum atomic E-state index is -0.267. The van der Waals surface area contributed by atoms with E-state index >= 15 is 0 Å². The second kappa shape index (κ2) is 6.68. The SMILES string of the molecule is O=C(NCc1cccs1)C(=S)Nc1cccc2ccccc12. The van der Waals surface area contributed by atoms with Gasteiger partial charge in [0.05, 0.1) is 6.54 Å². The molecule has 110 valence electrons. The fourth-order valence-electron chi connectivity index (χ4n) is 2.17. The fourth-order valence-corrected chi connectivity index (χ4v) is 3.00.